The molecule has 2 atom stereocenters. The lowest BCUT2D eigenvalue weighted by atomic mass is 9.90. The predicted octanol–water partition coefficient (Wildman–Crippen LogP) is 7.61. The van der Waals surface area contributed by atoms with Gasteiger partial charge in [0.25, 0.3) is 5.91 Å². The van der Waals surface area contributed by atoms with Crippen LogP contribution in [0.2, 0.25) is 5.02 Å². The van der Waals surface area contributed by atoms with Gasteiger partial charge in [-0.05, 0) is 97.4 Å². The van der Waals surface area contributed by atoms with Crippen molar-refractivity contribution in [2.45, 2.75) is 98.4 Å². The molecule has 0 saturated heterocycles. The molecule has 0 heterocycles. The van der Waals surface area contributed by atoms with E-state index in [0.29, 0.717) is 34.9 Å². The Hall–Kier alpha value is -2.71. The number of aryl methyl sites for hydroxylation is 3. The van der Waals surface area contributed by atoms with Gasteiger partial charge in [-0.1, -0.05) is 60.0 Å². The van der Waals surface area contributed by atoms with Crippen LogP contribution in [0.5, 0.6) is 0 Å². The average molecular weight is 604 g/mol. The quantitative estimate of drug-likeness (QED) is 0.276. The van der Waals surface area contributed by atoms with E-state index in [4.69, 9.17) is 16.3 Å². The summed E-state index contributed by atoms with van der Waals surface area (Å²) in [6, 6.07) is 9.41. The number of thioether (sulfide) groups is 1. The number of halogens is 1. The largest absolute Gasteiger partial charge is 0.444 e. The van der Waals surface area contributed by atoms with Gasteiger partial charge in [0.05, 0.1) is 10.7 Å². The maximum atomic E-state index is 14.6. The Morgan fingerprint density at radius 2 is 1.63 bits per heavy atom. The van der Waals surface area contributed by atoms with Crippen molar-refractivity contribution in [1.29, 1.82) is 0 Å². The van der Waals surface area contributed by atoms with E-state index in [2.05, 4.69) is 10.6 Å². The Bertz CT molecular complexity index is 1200. The summed E-state index contributed by atoms with van der Waals surface area (Å²) in [4.78, 5) is 43.4. The molecule has 2 aromatic rings. The molecule has 0 aliphatic rings. The van der Waals surface area contributed by atoms with Gasteiger partial charge in [0.1, 0.15) is 17.7 Å². The van der Waals surface area contributed by atoms with E-state index in [1.165, 1.54) is 0 Å². The van der Waals surface area contributed by atoms with Gasteiger partial charge < -0.3 is 20.3 Å². The highest BCUT2D eigenvalue weighted by atomic mass is 35.5. The van der Waals surface area contributed by atoms with Crippen molar-refractivity contribution in [3.8, 4) is 0 Å². The van der Waals surface area contributed by atoms with Crippen molar-refractivity contribution in [2.24, 2.45) is 0 Å². The molecule has 9 heteroatoms. The second kappa shape index (κ2) is 14.5. The summed E-state index contributed by atoms with van der Waals surface area (Å²) in [6.07, 6.45) is 2.21. The number of para-hydroxylation sites is 1. The molecule has 0 radical (unpaired) electrons. The number of ether oxygens (including phenoxy) is 1. The second-order valence-corrected chi connectivity index (χ2v) is 13.5. The number of anilines is 1. The topological polar surface area (TPSA) is 87.7 Å². The number of carbonyl (C=O) groups excluding carboxylic acids is 3. The van der Waals surface area contributed by atoms with Crippen LogP contribution in [0.1, 0.15) is 82.7 Å². The molecular formula is C32H46ClN3O4S. The lowest BCUT2D eigenvalue weighted by Gasteiger charge is -2.44. The fraction of sp³-hybridized carbons (Fsp3) is 0.531. The van der Waals surface area contributed by atoms with E-state index in [1.807, 2.05) is 78.1 Å². The fourth-order valence-corrected chi connectivity index (χ4v) is 5.36. The molecule has 0 aliphatic heterocycles. The first kappa shape index (κ1) is 34.5. The number of alkyl carbamates (subject to hydrolysis) is 1. The minimum atomic E-state index is -0.996. The molecule has 3 amide bonds. The van der Waals surface area contributed by atoms with Gasteiger partial charge in [-0.2, -0.15) is 11.8 Å². The Kier molecular flexibility index (Phi) is 12.2. The van der Waals surface area contributed by atoms with Gasteiger partial charge >= 0.3 is 6.09 Å². The molecule has 2 aromatic carbocycles. The van der Waals surface area contributed by atoms with E-state index < -0.39 is 29.3 Å². The molecule has 2 N–H and O–H groups in total. The standard InChI is InChI=1S/C32H46ClN3O4S/c1-11-32(8,9)36(29(38)25(15-16-41-10)34-30(39)40-31(5,6)7)27(23-18-20(2)17-21(3)19-23)28(37)35-26-22(4)13-12-14-24(26)33/h12-14,17-19,25,27H,11,15-16H2,1-10H3,(H,34,39)(H,35,37). The Morgan fingerprint density at radius 1 is 1.02 bits per heavy atom. The molecule has 0 fully saturated rings. The number of benzene rings is 2. The Morgan fingerprint density at radius 3 is 2.15 bits per heavy atom. The lowest BCUT2D eigenvalue weighted by Crippen LogP contribution is -2.59. The molecule has 226 valence electrons. The van der Waals surface area contributed by atoms with Crippen LogP contribution in [0.3, 0.4) is 0 Å². The highest BCUT2D eigenvalue weighted by Gasteiger charge is 2.43. The fourth-order valence-electron chi connectivity index (χ4n) is 4.62. The number of carbonyl (C=O) groups is 3. The molecule has 0 aliphatic carbocycles. The van der Waals surface area contributed by atoms with Gasteiger partial charge in [0.15, 0.2) is 0 Å². The van der Waals surface area contributed by atoms with Crippen LogP contribution in [0, 0.1) is 20.8 Å². The Labute approximate surface area is 255 Å². The zero-order valence-electron chi connectivity index (χ0n) is 26.1. The summed E-state index contributed by atoms with van der Waals surface area (Å²) < 4.78 is 5.50. The minimum Gasteiger partial charge on any atom is -0.444 e. The van der Waals surface area contributed by atoms with Crippen LogP contribution in [0.4, 0.5) is 10.5 Å². The highest BCUT2D eigenvalue weighted by molar-refractivity contribution is 7.98. The third kappa shape index (κ3) is 9.67. The smallest absolute Gasteiger partial charge is 0.408 e. The van der Waals surface area contributed by atoms with Crippen LogP contribution in [-0.2, 0) is 14.3 Å². The summed E-state index contributed by atoms with van der Waals surface area (Å²) >= 11 is 8.07. The SMILES string of the molecule is CCC(C)(C)N(C(=O)C(CCSC)NC(=O)OC(C)(C)C)C(C(=O)Nc1c(C)cccc1Cl)c1cc(C)cc(C)c1. The summed E-state index contributed by atoms with van der Waals surface area (Å²) in [7, 11) is 0. The summed E-state index contributed by atoms with van der Waals surface area (Å²) in [6.45, 7) is 17.0. The number of rotatable bonds is 11. The maximum Gasteiger partial charge on any atom is 0.408 e. The molecular weight excluding hydrogens is 558 g/mol. The maximum absolute atomic E-state index is 14.6. The minimum absolute atomic E-state index is 0.355. The van der Waals surface area contributed by atoms with Crippen molar-refractivity contribution < 1.29 is 19.1 Å². The number of hydrogen-bond donors (Lipinski definition) is 2. The molecule has 2 rings (SSSR count). The number of hydrogen-bond acceptors (Lipinski definition) is 5. The molecule has 0 spiro atoms. The molecule has 2 unspecified atom stereocenters. The molecule has 41 heavy (non-hydrogen) atoms. The molecule has 7 nitrogen and oxygen atoms in total. The van der Waals surface area contributed by atoms with Crippen LogP contribution in [0.25, 0.3) is 0 Å². The number of amides is 3. The van der Waals surface area contributed by atoms with Crippen molar-refractivity contribution in [1.82, 2.24) is 10.2 Å². The lowest BCUT2D eigenvalue weighted by molar-refractivity contribution is -0.147. The number of nitrogens with one attached hydrogen (secondary N) is 2. The number of nitrogens with zero attached hydrogens (tertiary/aromatic N) is 1. The first-order valence-electron chi connectivity index (χ1n) is 14.0. The zero-order chi connectivity index (χ0) is 31.1. The summed E-state index contributed by atoms with van der Waals surface area (Å²) in [5.41, 5.74) is 2.45. The second-order valence-electron chi connectivity index (χ2n) is 12.1. The van der Waals surface area contributed by atoms with Gasteiger partial charge in [-0.15, -0.1) is 0 Å². The Balaban J connectivity index is 2.71. The van der Waals surface area contributed by atoms with Crippen molar-refractivity contribution >= 4 is 47.0 Å². The van der Waals surface area contributed by atoms with E-state index in [9.17, 15) is 14.4 Å². The molecule has 0 aromatic heterocycles. The highest BCUT2D eigenvalue weighted by Crippen LogP contribution is 2.35. The third-order valence-electron chi connectivity index (χ3n) is 6.89. The van der Waals surface area contributed by atoms with Crippen molar-refractivity contribution in [3.63, 3.8) is 0 Å². The monoisotopic (exact) mass is 603 g/mol. The van der Waals surface area contributed by atoms with Crippen LogP contribution >= 0.6 is 23.4 Å². The normalized spacial score (nSPS) is 13.2. The van der Waals surface area contributed by atoms with E-state index >= 15 is 0 Å². The van der Waals surface area contributed by atoms with Crippen LogP contribution in [0.15, 0.2) is 36.4 Å². The van der Waals surface area contributed by atoms with Crippen LogP contribution < -0.4 is 10.6 Å². The first-order chi connectivity index (χ1) is 19.0. The molecule has 0 bridgehead atoms. The van der Waals surface area contributed by atoms with E-state index in [1.54, 1.807) is 43.5 Å². The zero-order valence-corrected chi connectivity index (χ0v) is 27.7. The van der Waals surface area contributed by atoms with E-state index in [0.717, 1.165) is 16.7 Å². The van der Waals surface area contributed by atoms with Gasteiger partial charge in [0.2, 0.25) is 5.91 Å². The average Bonchev–Trinajstić information content (AvgIpc) is 2.84. The van der Waals surface area contributed by atoms with Gasteiger partial charge in [0, 0.05) is 5.54 Å². The van der Waals surface area contributed by atoms with Gasteiger partial charge in [-0.3, -0.25) is 9.59 Å². The summed E-state index contributed by atoms with van der Waals surface area (Å²) in [5, 5.41) is 6.23. The predicted molar refractivity (Wildman–Crippen MR) is 171 cm³/mol. The summed E-state index contributed by atoms with van der Waals surface area (Å²) in [5.74, 6) is -0.111. The van der Waals surface area contributed by atoms with E-state index in [-0.39, 0.29) is 11.8 Å². The van der Waals surface area contributed by atoms with Crippen molar-refractivity contribution in [2.75, 3.05) is 17.3 Å². The molecule has 0 saturated carbocycles. The van der Waals surface area contributed by atoms with Gasteiger partial charge in [-0.25, -0.2) is 4.79 Å². The van der Waals surface area contributed by atoms with Crippen molar-refractivity contribution in [3.05, 3.63) is 63.7 Å². The van der Waals surface area contributed by atoms with Crippen LogP contribution in [-0.4, -0.2) is 52.0 Å². The first-order valence-corrected chi connectivity index (χ1v) is 15.7. The third-order valence-corrected chi connectivity index (χ3v) is 7.85.